The molecule has 0 amide bonds. The zero-order valence-electron chi connectivity index (χ0n) is 38.7. The molecule has 0 aromatic rings. The molecule has 0 heterocycles. The van der Waals surface area contributed by atoms with Crippen LogP contribution in [0, 0.1) is 0 Å². The van der Waals surface area contributed by atoms with Crippen LogP contribution in [0.15, 0.2) is 0 Å². The minimum Gasteiger partial charge on any atom is -0.481 e. The van der Waals surface area contributed by atoms with E-state index in [9.17, 15) is 9.59 Å². The van der Waals surface area contributed by atoms with E-state index in [1.807, 2.05) is 0 Å². The lowest BCUT2D eigenvalue weighted by atomic mass is 10.0. The summed E-state index contributed by atoms with van der Waals surface area (Å²) in [5.74, 6) is -0.642. The lowest BCUT2D eigenvalue weighted by molar-refractivity contribution is -0.144. The molecular weight excluding hydrogens is 705 g/mol. The Balaban J connectivity index is 3.36. The minimum absolute atomic E-state index is 0.0164. The Morgan fingerprint density at radius 2 is 0.772 bits per heavy atom. The standard InChI is InChI=1S/C51H102N2O4/c1-3-4-5-6-7-8-27-32-37-42-47-57-51(56)45-40-35-30-25-21-17-13-10-14-18-22-26-31-36-41-46-53-49(48(2)52)43-38-33-28-23-19-15-11-9-12-16-20-24-29-34-39-44-50(54)55/h48-49,53H,3-47,52H2,1-2H3,(H,54,55). The van der Waals surface area contributed by atoms with Gasteiger partial charge in [-0.05, 0) is 45.6 Å². The largest absolute Gasteiger partial charge is 0.481 e. The Hall–Kier alpha value is -1.14. The molecule has 0 saturated carbocycles. The molecule has 0 spiro atoms. The molecule has 0 aliphatic rings. The summed E-state index contributed by atoms with van der Waals surface area (Å²) in [7, 11) is 0. The van der Waals surface area contributed by atoms with Gasteiger partial charge in [-0.1, -0.05) is 238 Å². The fraction of sp³-hybridized carbons (Fsp3) is 0.961. The fourth-order valence-corrected chi connectivity index (χ4v) is 8.32. The maximum Gasteiger partial charge on any atom is 0.305 e. The van der Waals surface area contributed by atoms with Gasteiger partial charge in [0.15, 0.2) is 0 Å². The van der Waals surface area contributed by atoms with E-state index in [1.54, 1.807) is 0 Å². The average molecular weight is 807 g/mol. The first kappa shape index (κ1) is 55.9. The van der Waals surface area contributed by atoms with Crippen LogP contribution in [0.2, 0.25) is 0 Å². The van der Waals surface area contributed by atoms with Crippen LogP contribution in [0.5, 0.6) is 0 Å². The Morgan fingerprint density at radius 3 is 1.14 bits per heavy atom. The number of aliphatic carboxylic acids is 1. The van der Waals surface area contributed by atoms with Crippen LogP contribution >= 0.6 is 0 Å². The maximum atomic E-state index is 12.0. The lowest BCUT2D eigenvalue weighted by Gasteiger charge is -2.22. The minimum atomic E-state index is -0.658. The van der Waals surface area contributed by atoms with Crippen LogP contribution in [0.4, 0.5) is 0 Å². The number of carboxylic acids is 1. The quantitative estimate of drug-likeness (QED) is 0.0418. The molecule has 57 heavy (non-hydrogen) atoms. The van der Waals surface area contributed by atoms with Crippen LogP contribution in [-0.4, -0.2) is 42.3 Å². The van der Waals surface area contributed by atoms with Crippen molar-refractivity contribution in [2.24, 2.45) is 5.73 Å². The molecule has 0 radical (unpaired) electrons. The van der Waals surface area contributed by atoms with Crippen LogP contribution in [0.1, 0.15) is 290 Å². The number of ether oxygens (including phenoxy) is 1. The first-order valence-electron chi connectivity index (χ1n) is 25.8. The van der Waals surface area contributed by atoms with Gasteiger partial charge in [-0.3, -0.25) is 9.59 Å². The van der Waals surface area contributed by atoms with E-state index in [0.29, 0.717) is 25.5 Å². The molecule has 340 valence electrons. The highest BCUT2D eigenvalue weighted by Crippen LogP contribution is 2.17. The van der Waals surface area contributed by atoms with E-state index in [2.05, 4.69) is 19.2 Å². The second-order valence-electron chi connectivity index (χ2n) is 18.1. The van der Waals surface area contributed by atoms with Crippen molar-refractivity contribution in [2.45, 2.75) is 302 Å². The number of carboxylic acid groups (broad SMARTS) is 1. The number of hydrogen-bond acceptors (Lipinski definition) is 5. The van der Waals surface area contributed by atoms with Gasteiger partial charge in [0.1, 0.15) is 0 Å². The number of nitrogens with two attached hydrogens (primary N) is 1. The Kier molecular flexibility index (Phi) is 46.6. The second-order valence-corrected chi connectivity index (χ2v) is 18.1. The van der Waals surface area contributed by atoms with Crippen molar-refractivity contribution in [1.29, 1.82) is 0 Å². The van der Waals surface area contributed by atoms with Gasteiger partial charge in [-0.15, -0.1) is 0 Å². The molecule has 2 atom stereocenters. The van der Waals surface area contributed by atoms with Gasteiger partial charge < -0.3 is 20.9 Å². The van der Waals surface area contributed by atoms with Gasteiger partial charge in [-0.25, -0.2) is 0 Å². The van der Waals surface area contributed by atoms with Crippen molar-refractivity contribution >= 4 is 11.9 Å². The number of carbonyl (C=O) groups is 2. The molecule has 0 rings (SSSR count). The third kappa shape index (κ3) is 47.4. The van der Waals surface area contributed by atoms with Gasteiger partial charge >= 0.3 is 11.9 Å². The number of unbranched alkanes of at least 4 members (excludes halogenated alkanes) is 37. The summed E-state index contributed by atoms with van der Waals surface area (Å²) in [5.41, 5.74) is 6.33. The summed E-state index contributed by atoms with van der Waals surface area (Å²) < 4.78 is 5.45. The van der Waals surface area contributed by atoms with Gasteiger partial charge in [0.2, 0.25) is 0 Å². The number of rotatable bonds is 49. The van der Waals surface area contributed by atoms with Crippen molar-refractivity contribution in [3.05, 3.63) is 0 Å². The third-order valence-electron chi connectivity index (χ3n) is 12.3. The van der Waals surface area contributed by atoms with E-state index in [1.165, 1.54) is 238 Å². The van der Waals surface area contributed by atoms with Gasteiger partial charge in [0.25, 0.3) is 0 Å². The highest BCUT2D eigenvalue weighted by atomic mass is 16.5. The Morgan fingerprint density at radius 1 is 0.456 bits per heavy atom. The Bertz CT molecular complexity index is 806. The molecule has 0 saturated heterocycles. The number of esters is 1. The van der Waals surface area contributed by atoms with Crippen LogP contribution in [0.3, 0.4) is 0 Å². The number of carbonyl (C=O) groups excluding carboxylic acids is 1. The zero-order chi connectivity index (χ0) is 41.5. The predicted molar refractivity (Wildman–Crippen MR) is 248 cm³/mol. The molecule has 0 bridgehead atoms. The van der Waals surface area contributed by atoms with E-state index < -0.39 is 5.97 Å². The van der Waals surface area contributed by atoms with Gasteiger partial charge in [0.05, 0.1) is 6.61 Å². The second kappa shape index (κ2) is 47.5. The molecule has 0 aliphatic heterocycles. The summed E-state index contributed by atoms with van der Waals surface area (Å²) in [4.78, 5) is 22.5. The predicted octanol–water partition coefficient (Wildman–Crippen LogP) is 15.7. The molecule has 4 N–H and O–H groups in total. The van der Waals surface area contributed by atoms with Crippen molar-refractivity contribution in [2.75, 3.05) is 13.2 Å². The summed E-state index contributed by atoms with van der Waals surface area (Å²) >= 11 is 0. The molecule has 2 unspecified atom stereocenters. The molecule has 0 aliphatic carbocycles. The van der Waals surface area contributed by atoms with Gasteiger partial charge in [0, 0.05) is 24.9 Å². The topological polar surface area (TPSA) is 102 Å². The van der Waals surface area contributed by atoms with Crippen molar-refractivity contribution < 1.29 is 19.4 Å². The molecule has 0 aromatic heterocycles. The maximum absolute atomic E-state index is 12.0. The van der Waals surface area contributed by atoms with E-state index in [4.69, 9.17) is 15.6 Å². The average Bonchev–Trinajstić information content (AvgIpc) is 3.19. The summed E-state index contributed by atoms with van der Waals surface area (Å²) in [6.45, 7) is 6.18. The molecule has 0 fully saturated rings. The molecule has 6 nitrogen and oxygen atoms in total. The summed E-state index contributed by atoms with van der Waals surface area (Å²) in [6.07, 6.45) is 54.5. The summed E-state index contributed by atoms with van der Waals surface area (Å²) in [6, 6.07) is 0.697. The van der Waals surface area contributed by atoms with Crippen LogP contribution < -0.4 is 11.1 Å². The third-order valence-corrected chi connectivity index (χ3v) is 12.3. The number of hydrogen-bond donors (Lipinski definition) is 3. The van der Waals surface area contributed by atoms with Crippen LogP contribution in [0.25, 0.3) is 0 Å². The fourth-order valence-electron chi connectivity index (χ4n) is 8.32. The van der Waals surface area contributed by atoms with Crippen molar-refractivity contribution in [3.8, 4) is 0 Å². The summed E-state index contributed by atoms with van der Waals surface area (Å²) in [5, 5.41) is 12.5. The van der Waals surface area contributed by atoms with E-state index in [0.717, 1.165) is 32.2 Å². The van der Waals surface area contributed by atoms with Gasteiger partial charge in [-0.2, -0.15) is 0 Å². The molecule has 0 aromatic carbocycles. The highest BCUT2D eigenvalue weighted by Gasteiger charge is 2.12. The van der Waals surface area contributed by atoms with E-state index >= 15 is 0 Å². The number of nitrogens with one attached hydrogen (secondary N) is 1. The first-order valence-corrected chi connectivity index (χ1v) is 25.8. The monoisotopic (exact) mass is 807 g/mol. The van der Waals surface area contributed by atoms with Crippen molar-refractivity contribution in [3.63, 3.8) is 0 Å². The van der Waals surface area contributed by atoms with E-state index in [-0.39, 0.29) is 12.0 Å². The highest BCUT2D eigenvalue weighted by molar-refractivity contribution is 5.69. The van der Waals surface area contributed by atoms with Crippen LogP contribution in [-0.2, 0) is 14.3 Å². The first-order chi connectivity index (χ1) is 28.0. The molecule has 6 heteroatoms. The molecular formula is C51H102N2O4. The lowest BCUT2D eigenvalue weighted by Crippen LogP contribution is -2.43. The normalized spacial score (nSPS) is 12.6. The smallest absolute Gasteiger partial charge is 0.305 e. The zero-order valence-corrected chi connectivity index (χ0v) is 38.7. The SMILES string of the molecule is CCCCCCCCCCCCOC(=O)CCCCCCCCCCCCCCCCCNC(CCCCCCCCCCCCCCCCCC(=O)O)C(C)N. The van der Waals surface area contributed by atoms with Crippen molar-refractivity contribution in [1.82, 2.24) is 5.32 Å². The Labute approximate surface area is 356 Å².